The smallest absolute Gasteiger partial charge is 0.209 e. The third-order valence-electron chi connectivity index (χ3n) is 0.935. The van der Waals surface area contributed by atoms with Crippen LogP contribution in [0.25, 0.3) is 0 Å². The van der Waals surface area contributed by atoms with Crippen molar-refractivity contribution >= 4 is 21.6 Å². The van der Waals surface area contributed by atoms with E-state index < -0.39 is 10.0 Å². The molecular formula is C5H12ClNO3S. The molecule has 1 atom stereocenters. The topological polar surface area (TPSA) is 55.4 Å². The number of alkyl halides is 1. The van der Waals surface area contributed by atoms with E-state index in [-0.39, 0.29) is 18.5 Å². The van der Waals surface area contributed by atoms with E-state index in [4.69, 9.17) is 16.3 Å². The molecule has 1 N–H and O–H groups in total. The van der Waals surface area contributed by atoms with E-state index >= 15 is 0 Å². The first-order chi connectivity index (χ1) is 4.99. The van der Waals surface area contributed by atoms with E-state index in [1.165, 1.54) is 7.11 Å². The summed E-state index contributed by atoms with van der Waals surface area (Å²) in [7, 11) is -1.68. The molecule has 0 spiro atoms. The van der Waals surface area contributed by atoms with E-state index in [1.54, 1.807) is 0 Å². The lowest BCUT2D eigenvalue weighted by Crippen LogP contribution is -2.38. The average molecular weight is 202 g/mol. The summed E-state index contributed by atoms with van der Waals surface area (Å²) in [6.07, 6.45) is 1.09. The average Bonchev–Trinajstić information content (AvgIpc) is 1.84. The fourth-order valence-corrected chi connectivity index (χ4v) is 1.63. The Morgan fingerprint density at radius 2 is 2.18 bits per heavy atom. The molecule has 0 aliphatic rings. The minimum absolute atomic E-state index is 0.209. The maximum atomic E-state index is 10.7. The zero-order chi connectivity index (χ0) is 8.91. The van der Waals surface area contributed by atoms with Crippen LogP contribution < -0.4 is 4.72 Å². The highest BCUT2D eigenvalue weighted by molar-refractivity contribution is 7.88. The van der Waals surface area contributed by atoms with E-state index in [2.05, 4.69) is 4.72 Å². The van der Waals surface area contributed by atoms with Gasteiger partial charge in [0.25, 0.3) is 0 Å². The van der Waals surface area contributed by atoms with Gasteiger partial charge in [0.05, 0.1) is 18.9 Å². The molecule has 0 amide bonds. The van der Waals surface area contributed by atoms with Crippen LogP contribution in [0.2, 0.25) is 0 Å². The second-order valence-electron chi connectivity index (χ2n) is 2.20. The Morgan fingerprint density at radius 3 is 2.45 bits per heavy atom. The third-order valence-corrected chi connectivity index (χ3v) is 2.07. The van der Waals surface area contributed by atoms with Crippen molar-refractivity contribution in [2.75, 3.05) is 25.9 Å². The summed E-state index contributed by atoms with van der Waals surface area (Å²) in [6, 6.07) is -0.336. The van der Waals surface area contributed by atoms with Crippen LogP contribution >= 0.6 is 11.6 Å². The van der Waals surface area contributed by atoms with E-state index in [1.807, 2.05) is 0 Å². The molecule has 0 bridgehead atoms. The van der Waals surface area contributed by atoms with Gasteiger partial charge in [0.2, 0.25) is 10.0 Å². The van der Waals surface area contributed by atoms with Crippen molar-refractivity contribution in [3.63, 3.8) is 0 Å². The first kappa shape index (κ1) is 11.2. The fraction of sp³-hybridized carbons (Fsp3) is 1.00. The van der Waals surface area contributed by atoms with Gasteiger partial charge >= 0.3 is 0 Å². The maximum absolute atomic E-state index is 10.7. The summed E-state index contributed by atoms with van der Waals surface area (Å²) in [5, 5.41) is 0. The Kier molecular flexibility index (Phi) is 4.99. The molecule has 11 heavy (non-hydrogen) atoms. The first-order valence-corrected chi connectivity index (χ1v) is 5.44. The zero-order valence-corrected chi connectivity index (χ0v) is 8.07. The number of methoxy groups -OCH3 is 1. The van der Waals surface area contributed by atoms with Crippen LogP contribution in [0.15, 0.2) is 0 Å². The normalized spacial score (nSPS) is 14.8. The summed E-state index contributed by atoms with van der Waals surface area (Å²) >= 11 is 5.45. The molecule has 0 aromatic heterocycles. The standard InChI is InChI=1S/C5H12ClNO3S/c1-10-4-5(3-6)7-11(2,8)9/h5,7H,3-4H2,1-2H3. The number of sulfonamides is 1. The van der Waals surface area contributed by atoms with Crippen LogP contribution in [0.5, 0.6) is 0 Å². The molecule has 0 fully saturated rings. The lowest BCUT2D eigenvalue weighted by molar-refractivity contribution is 0.181. The van der Waals surface area contributed by atoms with Crippen LogP contribution in [0, 0.1) is 0 Å². The largest absolute Gasteiger partial charge is 0.383 e. The van der Waals surface area contributed by atoms with Gasteiger partial charge < -0.3 is 4.74 Å². The first-order valence-electron chi connectivity index (χ1n) is 3.02. The predicted octanol–water partition coefficient (Wildman–Crippen LogP) is -0.211. The summed E-state index contributed by atoms with van der Waals surface area (Å²) < 4.78 is 28.4. The number of ether oxygens (including phenoxy) is 1. The maximum Gasteiger partial charge on any atom is 0.209 e. The minimum Gasteiger partial charge on any atom is -0.383 e. The van der Waals surface area contributed by atoms with Gasteiger partial charge in [-0.15, -0.1) is 11.6 Å². The number of halogens is 1. The second kappa shape index (κ2) is 4.92. The van der Waals surface area contributed by atoms with Crippen molar-refractivity contribution in [2.45, 2.75) is 6.04 Å². The Hall–Kier alpha value is 0.160. The third kappa shape index (κ3) is 6.55. The van der Waals surface area contributed by atoms with Gasteiger partial charge in [-0.05, 0) is 0 Å². The Labute approximate surface area is 71.9 Å². The summed E-state index contributed by atoms with van der Waals surface area (Å²) in [5.74, 6) is 0.209. The molecule has 0 aliphatic heterocycles. The molecular weight excluding hydrogens is 190 g/mol. The lowest BCUT2D eigenvalue weighted by atomic mass is 10.4. The summed E-state index contributed by atoms with van der Waals surface area (Å²) in [4.78, 5) is 0. The van der Waals surface area contributed by atoms with E-state index in [0.29, 0.717) is 0 Å². The van der Waals surface area contributed by atoms with Crippen molar-refractivity contribution in [2.24, 2.45) is 0 Å². The van der Waals surface area contributed by atoms with E-state index in [9.17, 15) is 8.42 Å². The van der Waals surface area contributed by atoms with Gasteiger partial charge in [-0.2, -0.15) is 0 Å². The van der Waals surface area contributed by atoms with Crippen molar-refractivity contribution in [3.05, 3.63) is 0 Å². The molecule has 6 heteroatoms. The van der Waals surface area contributed by atoms with Crippen molar-refractivity contribution in [1.82, 2.24) is 4.72 Å². The number of rotatable bonds is 5. The predicted molar refractivity (Wildman–Crippen MR) is 44.4 cm³/mol. The second-order valence-corrected chi connectivity index (χ2v) is 4.29. The minimum atomic E-state index is -3.17. The Bertz CT molecular complexity index is 192. The molecule has 68 valence electrons. The van der Waals surface area contributed by atoms with Gasteiger partial charge in [-0.25, -0.2) is 13.1 Å². The van der Waals surface area contributed by atoms with Crippen LogP contribution in [-0.2, 0) is 14.8 Å². The van der Waals surface area contributed by atoms with E-state index in [0.717, 1.165) is 6.26 Å². The summed E-state index contributed by atoms with van der Waals surface area (Å²) in [5.41, 5.74) is 0. The highest BCUT2D eigenvalue weighted by Gasteiger charge is 2.11. The molecule has 0 aliphatic carbocycles. The fourth-order valence-electron chi connectivity index (χ4n) is 0.614. The highest BCUT2D eigenvalue weighted by Crippen LogP contribution is 1.91. The molecule has 1 unspecified atom stereocenters. The molecule has 0 aromatic rings. The lowest BCUT2D eigenvalue weighted by Gasteiger charge is -2.12. The van der Waals surface area contributed by atoms with Gasteiger partial charge in [-0.3, -0.25) is 0 Å². The molecule has 4 nitrogen and oxygen atoms in total. The van der Waals surface area contributed by atoms with Gasteiger partial charge in [0.1, 0.15) is 0 Å². The van der Waals surface area contributed by atoms with Crippen molar-refractivity contribution in [3.8, 4) is 0 Å². The van der Waals surface area contributed by atoms with Crippen LogP contribution in [0.3, 0.4) is 0 Å². The monoisotopic (exact) mass is 201 g/mol. The summed E-state index contributed by atoms with van der Waals surface area (Å²) in [6.45, 7) is 0.288. The molecule has 0 aromatic carbocycles. The number of hydrogen-bond donors (Lipinski definition) is 1. The Balaban J connectivity index is 3.88. The number of nitrogens with one attached hydrogen (secondary N) is 1. The molecule has 0 rings (SSSR count). The van der Waals surface area contributed by atoms with Gasteiger partial charge in [0, 0.05) is 13.0 Å². The van der Waals surface area contributed by atoms with Crippen molar-refractivity contribution in [1.29, 1.82) is 0 Å². The van der Waals surface area contributed by atoms with Crippen LogP contribution in [-0.4, -0.2) is 40.3 Å². The quantitative estimate of drug-likeness (QED) is 0.627. The molecule has 0 saturated carbocycles. The van der Waals surface area contributed by atoms with Gasteiger partial charge in [-0.1, -0.05) is 0 Å². The van der Waals surface area contributed by atoms with Crippen molar-refractivity contribution < 1.29 is 13.2 Å². The van der Waals surface area contributed by atoms with Crippen LogP contribution in [0.4, 0.5) is 0 Å². The zero-order valence-electron chi connectivity index (χ0n) is 6.50. The molecule has 0 radical (unpaired) electrons. The number of hydrogen-bond acceptors (Lipinski definition) is 3. The Morgan fingerprint density at radius 1 is 1.64 bits per heavy atom. The SMILES string of the molecule is COCC(CCl)NS(C)(=O)=O. The van der Waals surface area contributed by atoms with Crippen LogP contribution in [0.1, 0.15) is 0 Å². The molecule has 0 heterocycles. The molecule has 0 saturated heterocycles. The highest BCUT2D eigenvalue weighted by atomic mass is 35.5. The van der Waals surface area contributed by atoms with Gasteiger partial charge in [0.15, 0.2) is 0 Å².